The zero-order chi connectivity index (χ0) is 18.4. The number of aliphatic imine (C=N–C) groups is 1. The van der Waals surface area contributed by atoms with Gasteiger partial charge in [-0.25, -0.2) is 0 Å². The highest BCUT2D eigenvalue weighted by molar-refractivity contribution is 5.85. The molecule has 2 N–H and O–H groups in total. The quantitative estimate of drug-likeness (QED) is 0.607. The van der Waals surface area contributed by atoms with Crippen LogP contribution in [0.2, 0.25) is 0 Å². The average molecular weight is 349 g/mol. The van der Waals surface area contributed by atoms with Crippen molar-refractivity contribution in [1.82, 2.24) is 20.7 Å². The van der Waals surface area contributed by atoms with Gasteiger partial charge in [0, 0.05) is 33.8 Å². The summed E-state index contributed by atoms with van der Waals surface area (Å²) >= 11 is 0. The largest absolute Gasteiger partial charge is 0.359 e. The molecule has 1 fully saturated rings. The first kappa shape index (κ1) is 19.3. The van der Waals surface area contributed by atoms with E-state index in [0.717, 1.165) is 37.1 Å². The van der Waals surface area contributed by atoms with Gasteiger partial charge in [-0.05, 0) is 18.8 Å². The highest BCUT2D eigenvalue weighted by Gasteiger charge is 2.42. The predicted octanol–water partition coefficient (Wildman–Crippen LogP) is 2.11. The Kier molecular flexibility index (Phi) is 6.45. The van der Waals surface area contributed by atoms with Gasteiger partial charge in [-0.2, -0.15) is 0 Å². The maximum Gasteiger partial charge on any atom is 0.230 e. The van der Waals surface area contributed by atoms with Crippen LogP contribution in [0.3, 0.4) is 0 Å². The number of nitrogens with one attached hydrogen (secondary N) is 2. The van der Waals surface area contributed by atoms with E-state index < -0.39 is 0 Å². The van der Waals surface area contributed by atoms with Crippen molar-refractivity contribution in [3.8, 4) is 0 Å². The van der Waals surface area contributed by atoms with Crippen molar-refractivity contribution in [3.63, 3.8) is 0 Å². The Hall–Kier alpha value is -2.05. The normalized spacial score (nSPS) is 17.0. The molecule has 0 unspecified atom stereocenters. The Morgan fingerprint density at radius 3 is 2.56 bits per heavy atom. The number of rotatable bonds is 6. The highest BCUT2D eigenvalue weighted by Crippen LogP contribution is 2.38. The third kappa shape index (κ3) is 4.74. The van der Waals surface area contributed by atoms with Crippen molar-refractivity contribution in [2.24, 2.45) is 10.4 Å². The summed E-state index contributed by atoms with van der Waals surface area (Å²) in [4.78, 5) is 18.6. The molecule has 0 aliphatic heterocycles. The maximum atomic E-state index is 12.6. The molecule has 0 radical (unpaired) electrons. The van der Waals surface area contributed by atoms with Crippen LogP contribution in [0.5, 0.6) is 0 Å². The van der Waals surface area contributed by atoms with Gasteiger partial charge in [0.25, 0.3) is 0 Å². The molecule has 25 heavy (non-hydrogen) atoms. The molecular weight excluding hydrogens is 318 g/mol. The molecule has 140 valence electrons. The average Bonchev–Trinajstić information content (AvgIpc) is 3.24. The topological polar surface area (TPSA) is 82.8 Å². The van der Waals surface area contributed by atoms with Crippen molar-refractivity contribution in [3.05, 3.63) is 17.5 Å². The van der Waals surface area contributed by atoms with E-state index in [1.807, 2.05) is 20.2 Å². The lowest BCUT2D eigenvalue weighted by Crippen LogP contribution is -2.49. The van der Waals surface area contributed by atoms with E-state index in [1.165, 1.54) is 0 Å². The molecule has 7 nitrogen and oxygen atoms in total. The van der Waals surface area contributed by atoms with Crippen LogP contribution in [0.1, 0.15) is 56.9 Å². The van der Waals surface area contributed by atoms with E-state index in [4.69, 9.17) is 4.52 Å². The maximum absolute atomic E-state index is 12.6. The standard InChI is InChI=1S/C18H31N5O2/c1-13(2)15-10-14(25-22-15)11-20-17(19-3)21-12-18(8-6-7-9-18)16(24)23(4)5/h10,13H,6-9,11-12H2,1-5H3,(H2,19,20,21). The van der Waals surface area contributed by atoms with E-state index >= 15 is 0 Å². The summed E-state index contributed by atoms with van der Waals surface area (Å²) in [6, 6.07) is 1.96. The third-order valence-electron chi connectivity index (χ3n) is 4.84. The zero-order valence-corrected chi connectivity index (χ0v) is 16.1. The van der Waals surface area contributed by atoms with Crippen LogP contribution in [-0.4, -0.2) is 49.6 Å². The molecule has 1 heterocycles. The smallest absolute Gasteiger partial charge is 0.230 e. The Morgan fingerprint density at radius 1 is 1.36 bits per heavy atom. The minimum Gasteiger partial charge on any atom is -0.359 e. The SMILES string of the molecule is CN=C(NCc1cc(C(C)C)no1)NCC1(C(=O)N(C)C)CCCC1. The lowest BCUT2D eigenvalue weighted by Gasteiger charge is -2.31. The molecule has 2 rings (SSSR count). The summed E-state index contributed by atoms with van der Waals surface area (Å²) in [5, 5.41) is 10.6. The summed E-state index contributed by atoms with van der Waals surface area (Å²) in [5.41, 5.74) is 0.624. The molecule has 0 aromatic carbocycles. The summed E-state index contributed by atoms with van der Waals surface area (Å²) in [7, 11) is 5.38. The summed E-state index contributed by atoms with van der Waals surface area (Å²) < 4.78 is 5.33. The number of nitrogens with zero attached hydrogens (tertiary/aromatic N) is 3. The van der Waals surface area contributed by atoms with Crippen LogP contribution in [0.15, 0.2) is 15.6 Å². The van der Waals surface area contributed by atoms with Crippen LogP contribution in [0, 0.1) is 5.41 Å². The molecule has 1 amide bonds. The highest BCUT2D eigenvalue weighted by atomic mass is 16.5. The molecule has 0 atom stereocenters. The minimum atomic E-state index is -0.321. The Balaban J connectivity index is 1.91. The predicted molar refractivity (Wildman–Crippen MR) is 98.4 cm³/mol. The number of carbonyl (C=O) groups is 1. The second kappa shape index (κ2) is 8.36. The van der Waals surface area contributed by atoms with Gasteiger partial charge in [0.15, 0.2) is 11.7 Å². The summed E-state index contributed by atoms with van der Waals surface area (Å²) in [5.74, 6) is 1.98. The van der Waals surface area contributed by atoms with Gasteiger partial charge in [-0.3, -0.25) is 9.79 Å². The fraction of sp³-hybridized carbons (Fsp3) is 0.722. The Labute approximate surface area is 150 Å². The fourth-order valence-corrected chi connectivity index (χ4v) is 3.32. The van der Waals surface area contributed by atoms with Crippen LogP contribution < -0.4 is 10.6 Å². The number of hydrogen-bond donors (Lipinski definition) is 2. The minimum absolute atomic E-state index is 0.199. The van der Waals surface area contributed by atoms with Crippen molar-refractivity contribution >= 4 is 11.9 Å². The molecule has 0 spiro atoms. The van der Waals surface area contributed by atoms with Crippen molar-refractivity contribution < 1.29 is 9.32 Å². The van der Waals surface area contributed by atoms with E-state index in [-0.39, 0.29) is 11.3 Å². The molecule has 7 heteroatoms. The van der Waals surface area contributed by atoms with Crippen molar-refractivity contribution in [2.45, 2.75) is 52.0 Å². The molecule has 0 saturated heterocycles. The molecule has 1 aromatic rings. The summed E-state index contributed by atoms with van der Waals surface area (Å²) in [6.07, 6.45) is 4.05. The molecule has 1 aliphatic rings. The Bertz CT molecular complexity index is 600. The van der Waals surface area contributed by atoms with Crippen LogP contribution in [0.4, 0.5) is 0 Å². The van der Waals surface area contributed by atoms with Gasteiger partial charge < -0.3 is 20.1 Å². The molecule has 1 saturated carbocycles. The monoisotopic (exact) mass is 349 g/mol. The van der Waals surface area contributed by atoms with Crippen molar-refractivity contribution in [1.29, 1.82) is 0 Å². The fourth-order valence-electron chi connectivity index (χ4n) is 3.32. The van der Waals surface area contributed by atoms with E-state index in [2.05, 4.69) is 34.6 Å². The van der Waals surface area contributed by atoms with E-state index in [0.29, 0.717) is 25.0 Å². The van der Waals surface area contributed by atoms with Gasteiger partial charge >= 0.3 is 0 Å². The second-order valence-corrected chi connectivity index (χ2v) is 7.34. The Morgan fingerprint density at radius 2 is 2.04 bits per heavy atom. The third-order valence-corrected chi connectivity index (χ3v) is 4.84. The van der Waals surface area contributed by atoms with Gasteiger partial charge in [-0.15, -0.1) is 0 Å². The van der Waals surface area contributed by atoms with Crippen LogP contribution in [-0.2, 0) is 11.3 Å². The van der Waals surface area contributed by atoms with Crippen LogP contribution >= 0.6 is 0 Å². The molecule has 0 bridgehead atoms. The number of amides is 1. The molecule has 1 aromatic heterocycles. The van der Waals surface area contributed by atoms with Gasteiger partial charge in [-0.1, -0.05) is 31.8 Å². The van der Waals surface area contributed by atoms with E-state index in [9.17, 15) is 4.79 Å². The van der Waals surface area contributed by atoms with E-state index in [1.54, 1.807) is 11.9 Å². The van der Waals surface area contributed by atoms with Crippen LogP contribution in [0.25, 0.3) is 0 Å². The summed E-state index contributed by atoms with van der Waals surface area (Å²) in [6.45, 7) is 5.27. The van der Waals surface area contributed by atoms with Gasteiger partial charge in [0.1, 0.15) is 0 Å². The number of guanidine groups is 1. The zero-order valence-electron chi connectivity index (χ0n) is 16.1. The molecular formula is C18H31N5O2. The number of carbonyl (C=O) groups excluding carboxylic acids is 1. The van der Waals surface area contributed by atoms with Gasteiger partial charge in [0.05, 0.1) is 17.7 Å². The first-order valence-electron chi connectivity index (χ1n) is 9.00. The second-order valence-electron chi connectivity index (χ2n) is 7.34. The van der Waals surface area contributed by atoms with Crippen molar-refractivity contribution in [2.75, 3.05) is 27.7 Å². The first-order valence-corrected chi connectivity index (χ1v) is 9.00. The number of hydrogen-bond acceptors (Lipinski definition) is 4. The first-order chi connectivity index (χ1) is 11.9. The molecule has 1 aliphatic carbocycles. The number of aromatic nitrogens is 1. The van der Waals surface area contributed by atoms with Gasteiger partial charge in [0.2, 0.25) is 5.91 Å². The lowest BCUT2D eigenvalue weighted by molar-refractivity contribution is -0.138. The lowest BCUT2D eigenvalue weighted by atomic mass is 9.84.